The van der Waals surface area contributed by atoms with Gasteiger partial charge in [0, 0.05) is 18.7 Å². The summed E-state index contributed by atoms with van der Waals surface area (Å²) >= 11 is 0. The van der Waals surface area contributed by atoms with Crippen molar-refractivity contribution in [2.75, 3.05) is 38.2 Å². The van der Waals surface area contributed by atoms with Crippen molar-refractivity contribution in [2.24, 2.45) is 5.73 Å². The van der Waals surface area contributed by atoms with Gasteiger partial charge in [0.05, 0.1) is 25.4 Å². The van der Waals surface area contributed by atoms with Crippen molar-refractivity contribution in [3.05, 3.63) is 29.6 Å². The number of urea groups is 1. The van der Waals surface area contributed by atoms with Crippen LogP contribution in [0.4, 0.5) is 14.9 Å². The Morgan fingerprint density at radius 3 is 2.85 bits per heavy atom. The lowest BCUT2D eigenvalue weighted by molar-refractivity contribution is 0.0564. The Kier molecular flexibility index (Phi) is 4.93. The molecule has 2 rings (SSSR count). The average Bonchev–Trinajstić information content (AvgIpc) is 2.48. The first-order valence-electron chi connectivity index (χ1n) is 6.33. The second kappa shape index (κ2) is 6.89. The van der Waals surface area contributed by atoms with E-state index >= 15 is 0 Å². The first-order chi connectivity index (χ1) is 9.70. The zero-order chi connectivity index (χ0) is 14.4. The maximum atomic E-state index is 13.8. The van der Waals surface area contributed by atoms with E-state index < -0.39 is 5.82 Å². The number of rotatable bonds is 1. The Hall–Kier alpha value is -2.10. The van der Waals surface area contributed by atoms with Gasteiger partial charge in [0.2, 0.25) is 0 Å². The third-order valence-corrected chi connectivity index (χ3v) is 2.84. The molecule has 0 aromatic heterocycles. The summed E-state index contributed by atoms with van der Waals surface area (Å²) < 4.78 is 19.0. The van der Waals surface area contributed by atoms with Crippen molar-refractivity contribution in [2.45, 2.75) is 0 Å². The maximum Gasteiger partial charge on any atom is 0.322 e. The number of ether oxygens (including phenoxy) is 1. The molecule has 0 spiro atoms. The summed E-state index contributed by atoms with van der Waals surface area (Å²) in [5.41, 5.74) is 5.92. The quantitative estimate of drug-likeness (QED) is 0.753. The Morgan fingerprint density at radius 2 is 2.20 bits per heavy atom. The van der Waals surface area contributed by atoms with Crippen molar-refractivity contribution >= 4 is 11.7 Å². The van der Waals surface area contributed by atoms with Crippen molar-refractivity contribution < 1.29 is 13.9 Å². The molecule has 1 aliphatic rings. The molecule has 1 fully saturated rings. The van der Waals surface area contributed by atoms with E-state index in [1.165, 1.54) is 12.1 Å². The maximum absolute atomic E-state index is 13.8. The Labute approximate surface area is 116 Å². The van der Waals surface area contributed by atoms with Crippen LogP contribution in [-0.4, -0.2) is 43.8 Å². The normalized spacial score (nSPS) is 14.4. The number of benzene rings is 1. The molecule has 0 radical (unpaired) electrons. The molecule has 0 aliphatic carbocycles. The number of nitrogens with one attached hydrogen (secondary N) is 1. The molecule has 20 heavy (non-hydrogen) atoms. The molecular weight excluding hydrogens is 261 g/mol. The summed E-state index contributed by atoms with van der Waals surface area (Å²) in [6, 6.07) is 4.08. The SMILES string of the molecule is NCC#Cc1ccc(NC(=O)N2CCOCC2)c(F)c1. The lowest BCUT2D eigenvalue weighted by Crippen LogP contribution is -2.43. The van der Waals surface area contributed by atoms with Crippen LogP contribution >= 0.6 is 0 Å². The van der Waals surface area contributed by atoms with Crippen LogP contribution in [0.25, 0.3) is 0 Å². The summed E-state index contributed by atoms with van der Waals surface area (Å²) in [6.07, 6.45) is 0. The van der Waals surface area contributed by atoms with E-state index in [2.05, 4.69) is 17.2 Å². The molecule has 106 valence electrons. The summed E-state index contributed by atoms with van der Waals surface area (Å²) in [6.45, 7) is 2.24. The van der Waals surface area contributed by atoms with Gasteiger partial charge in [-0.3, -0.25) is 0 Å². The molecule has 1 aromatic rings. The van der Waals surface area contributed by atoms with Gasteiger partial charge in [0.25, 0.3) is 0 Å². The van der Waals surface area contributed by atoms with E-state index in [-0.39, 0.29) is 18.3 Å². The van der Waals surface area contributed by atoms with Crippen LogP contribution in [0, 0.1) is 17.7 Å². The van der Waals surface area contributed by atoms with E-state index in [9.17, 15) is 9.18 Å². The third kappa shape index (κ3) is 3.70. The number of hydrogen-bond acceptors (Lipinski definition) is 3. The highest BCUT2D eigenvalue weighted by Crippen LogP contribution is 2.16. The lowest BCUT2D eigenvalue weighted by Gasteiger charge is -2.27. The Bertz CT molecular complexity index is 545. The van der Waals surface area contributed by atoms with Crippen LogP contribution in [0.5, 0.6) is 0 Å². The van der Waals surface area contributed by atoms with Crippen LogP contribution in [0.3, 0.4) is 0 Å². The molecule has 6 heteroatoms. The molecule has 1 aliphatic heterocycles. The van der Waals surface area contributed by atoms with Gasteiger partial charge < -0.3 is 20.7 Å². The number of anilines is 1. The number of morpholine rings is 1. The molecule has 0 atom stereocenters. The Balaban J connectivity index is 2.03. The minimum atomic E-state index is -0.518. The van der Waals surface area contributed by atoms with E-state index in [1.807, 2.05) is 0 Å². The molecular formula is C14H16FN3O2. The Morgan fingerprint density at radius 1 is 1.45 bits per heavy atom. The number of amides is 2. The van der Waals surface area contributed by atoms with Gasteiger partial charge in [0.1, 0.15) is 5.82 Å². The molecule has 0 unspecified atom stereocenters. The molecule has 3 N–H and O–H groups in total. The van der Waals surface area contributed by atoms with Crippen molar-refractivity contribution in [3.63, 3.8) is 0 Å². The summed E-state index contributed by atoms with van der Waals surface area (Å²) in [5.74, 6) is 4.86. The molecule has 1 saturated heterocycles. The minimum absolute atomic E-state index is 0.139. The molecule has 2 amide bonds. The van der Waals surface area contributed by atoms with Crippen LogP contribution in [0.15, 0.2) is 18.2 Å². The van der Waals surface area contributed by atoms with Gasteiger partial charge in [0.15, 0.2) is 0 Å². The summed E-state index contributed by atoms with van der Waals surface area (Å²) in [4.78, 5) is 13.5. The fourth-order valence-corrected chi connectivity index (χ4v) is 1.81. The third-order valence-electron chi connectivity index (χ3n) is 2.84. The predicted molar refractivity (Wildman–Crippen MR) is 73.7 cm³/mol. The highest BCUT2D eigenvalue weighted by Gasteiger charge is 2.17. The lowest BCUT2D eigenvalue weighted by atomic mass is 10.2. The van der Waals surface area contributed by atoms with Crippen LogP contribution < -0.4 is 11.1 Å². The zero-order valence-corrected chi connectivity index (χ0v) is 11.0. The molecule has 5 nitrogen and oxygen atoms in total. The summed E-state index contributed by atoms with van der Waals surface area (Å²) in [5, 5.41) is 2.55. The van der Waals surface area contributed by atoms with E-state index in [0.717, 1.165) is 0 Å². The zero-order valence-electron chi connectivity index (χ0n) is 11.0. The average molecular weight is 277 g/mol. The molecule has 1 aromatic carbocycles. The fraction of sp³-hybridized carbons (Fsp3) is 0.357. The van der Waals surface area contributed by atoms with Crippen molar-refractivity contribution in [1.29, 1.82) is 0 Å². The van der Waals surface area contributed by atoms with Gasteiger partial charge in [-0.25, -0.2) is 9.18 Å². The van der Waals surface area contributed by atoms with Crippen molar-refractivity contribution in [1.82, 2.24) is 4.90 Å². The van der Waals surface area contributed by atoms with Crippen LogP contribution in [0.1, 0.15) is 5.56 Å². The molecule has 0 saturated carbocycles. The molecule has 0 bridgehead atoms. The predicted octanol–water partition coefficient (Wildman–Crippen LogP) is 1.000. The number of carbonyl (C=O) groups is 1. The first kappa shape index (κ1) is 14.3. The highest BCUT2D eigenvalue weighted by atomic mass is 19.1. The number of nitrogens with zero attached hydrogens (tertiary/aromatic N) is 1. The van der Waals surface area contributed by atoms with Gasteiger partial charge in [-0.1, -0.05) is 11.8 Å². The molecule has 1 heterocycles. The van der Waals surface area contributed by atoms with Gasteiger partial charge in [-0.05, 0) is 18.2 Å². The largest absolute Gasteiger partial charge is 0.378 e. The van der Waals surface area contributed by atoms with Gasteiger partial charge in [-0.15, -0.1) is 0 Å². The van der Waals surface area contributed by atoms with Crippen LogP contribution in [-0.2, 0) is 4.74 Å². The van der Waals surface area contributed by atoms with E-state index in [1.54, 1.807) is 11.0 Å². The van der Waals surface area contributed by atoms with Gasteiger partial charge >= 0.3 is 6.03 Å². The summed E-state index contributed by atoms with van der Waals surface area (Å²) in [7, 11) is 0. The highest BCUT2D eigenvalue weighted by molar-refractivity contribution is 5.89. The van der Waals surface area contributed by atoms with Crippen molar-refractivity contribution in [3.8, 4) is 11.8 Å². The van der Waals surface area contributed by atoms with Gasteiger partial charge in [-0.2, -0.15) is 0 Å². The second-order valence-corrected chi connectivity index (χ2v) is 4.23. The monoisotopic (exact) mass is 277 g/mol. The fourth-order valence-electron chi connectivity index (χ4n) is 1.81. The topological polar surface area (TPSA) is 67.6 Å². The number of halogens is 1. The van der Waals surface area contributed by atoms with E-state index in [4.69, 9.17) is 10.5 Å². The van der Waals surface area contributed by atoms with E-state index in [0.29, 0.717) is 31.9 Å². The smallest absolute Gasteiger partial charge is 0.322 e. The standard InChI is InChI=1S/C14H16FN3O2/c15-12-10-11(2-1-5-16)3-4-13(12)17-14(19)18-6-8-20-9-7-18/h3-4,10H,5-9,16H2,(H,17,19). The minimum Gasteiger partial charge on any atom is -0.378 e. The first-order valence-corrected chi connectivity index (χ1v) is 6.33. The second-order valence-electron chi connectivity index (χ2n) is 4.23. The number of hydrogen-bond donors (Lipinski definition) is 2. The number of nitrogens with two attached hydrogens (primary N) is 1. The number of carbonyl (C=O) groups excluding carboxylic acids is 1. The van der Waals surface area contributed by atoms with Crippen LogP contribution in [0.2, 0.25) is 0 Å².